The molecule has 1 amide bonds. The number of aromatic nitrogens is 4. The smallest absolute Gasteiger partial charge is 0.264 e. The van der Waals surface area contributed by atoms with E-state index in [1.807, 2.05) is 11.6 Å². The molecule has 1 aromatic carbocycles. The van der Waals surface area contributed by atoms with E-state index in [2.05, 4.69) is 15.5 Å². The number of allylic oxidation sites excluding steroid dienone is 1. The lowest BCUT2D eigenvalue weighted by atomic mass is 10.2. The Hall–Kier alpha value is -2.55. The first-order valence-corrected chi connectivity index (χ1v) is 7.99. The molecule has 1 aromatic heterocycles. The molecule has 0 saturated carbocycles. The number of nitrogens with one attached hydrogen (secondary N) is 1. The SMILES string of the molecule is CC/C=C(/C)C(=O)NS(=O)(=O)c1cccc(-n2cnnn2)c1. The van der Waals surface area contributed by atoms with Gasteiger partial charge in [0.2, 0.25) is 0 Å². The van der Waals surface area contributed by atoms with E-state index in [1.165, 1.54) is 23.1 Å². The van der Waals surface area contributed by atoms with Crippen LogP contribution < -0.4 is 4.72 Å². The van der Waals surface area contributed by atoms with E-state index in [4.69, 9.17) is 0 Å². The zero-order valence-corrected chi connectivity index (χ0v) is 12.9. The number of rotatable bonds is 5. The van der Waals surface area contributed by atoms with Crippen LogP contribution in [-0.2, 0) is 14.8 Å². The van der Waals surface area contributed by atoms with Crippen molar-refractivity contribution in [2.45, 2.75) is 25.2 Å². The summed E-state index contributed by atoms with van der Waals surface area (Å²) < 4.78 is 27.9. The average Bonchev–Trinajstić information content (AvgIpc) is 3.01. The molecule has 0 saturated heterocycles. The summed E-state index contributed by atoms with van der Waals surface area (Å²) in [7, 11) is -3.96. The monoisotopic (exact) mass is 321 g/mol. The highest BCUT2D eigenvalue weighted by atomic mass is 32.2. The minimum absolute atomic E-state index is 0.0434. The number of carbonyl (C=O) groups excluding carboxylic acids is 1. The van der Waals surface area contributed by atoms with Crippen LogP contribution in [0.2, 0.25) is 0 Å². The fourth-order valence-electron chi connectivity index (χ4n) is 1.73. The molecule has 0 aliphatic carbocycles. The van der Waals surface area contributed by atoms with Gasteiger partial charge in [0, 0.05) is 5.57 Å². The Morgan fingerprint density at radius 2 is 2.18 bits per heavy atom. The zero-order valence-electron chi connectivity index (χ0n) is 12.1. The van der Waals surface area contributed by atoms with Crippen LogP contribution in [0.15, 0.2) is 47.1 Å². The first-order valence-electron chi connectivity index (χ1n) is 6.51. The van der Waals surface area contributed by atoms with Gasteiger partial charge >= 0.3 is 0 Å². The van der Waals surface area contributed by atoms with Crippen molar-refractivity contribution in [3.05, 3.63) is 42.2 Å². The number of nitrogens with zero attached hydrogens (tertiary/aromatic N) is 4. The van der Waals surface area contributed by atoms with E-state index >= 15 is 0 Å². The summed E-state index contributed by atoms with van der Waals surface area (Å²) in [6, 6.07) is 5.97. The molecule has 116 valence electrons. The van der Waals surface area contributed by atoms with Crippen molar-refractivity contribution in [3.63, 3.8) is 0 Å². The number of sulfonamides is 1. The van der Waals surface area contributed by atoms with Crippen LogP contribution in [0.1, 0.15) is 20.3 Å². The van der Waals surface area contributed by atoms with Crippen molar-refractivity contribution in [2.75, 3.05) is 0 Å². The van der Waals surface area contributed by atoms with Crippen LogP contribution in [0.5, 0.6) is 0 Å². The van der Waals surface area contributed by atoms with Crippen LogP contribution in [0.4, 0.5) is 0 Å². The summed E-state index contributed by atoms with van der Waals surface area (Å²) >= 11 is 0. The third-order valence-corrected chi connectivity index (χ3v) is 4.17. The van der Waals surface area contributed by atoms with Crippen molar-refractivity contribution >= 4 is 15.9 Å². The number of benzene rings is 1. The largest absolute Gasteiger partial charge is 0.269 e. The molecule has 0 spiro atoms. The van der Waals surface area contributed by atoms with Crippen molar-refractivity contribution < 1.29 is 13.2 Å². The Balaban J connectivity index is 2.29. The van der Waals surface area contributed by atoms with Crippen LogP contribution in [-0.4, -0.2) is 34.5 Å². The molecular formula is C13H15N5O3S. The first kappa shape index (κ1) is 15.8. The number of carbonyl (C=O) groups is 1. The quantitative estimate of drug-likeness (QED) is 0.817. The number of hydrogen-bond acceptors (Lipinski definition) is 6. The van der Waals surface area contributed by atoms with Crippen molar-refractivity contribution in [1.29, 1.82) is 0 Å². The molecule has 2 aromatic rings. The molecular weight excluding hydrogens is 306 g/mol. The standard InChI is InChI=1S/C13H15N5O3S/c1-3-5-10(2)13(19)15-22(20,21)12-7-4-6-11(8-12)18-9-14-16-17-18/h4-9H,3H2,1-2H3,(H,15,19)/b10-5-. The lowest BCUT2D eigenvalue weighted by Crippen LogP contribution is -2.31. The Labute approximate surface area is 127 Å². The number of tetrazole rings is 1. The highest BCUT2D eigenvalue weighted by Crippen LogP contribution is 2.14. The van der Waals surface area contributed by atoms with Crippen LogP contribution in [0, 0.1) is 0 Å². The molecule has 0 aliphatic heterocycles. The van der Waals surface area contributed by atoms with Crippen LogP contribution >= 0.6 is 0 Å². The van der Waals surface area contributed by atoms with E-state index in [0.29, 0.717) is 17.7 Å². The van der Waals surface area contributed by atoms with Gasteiger partial charge in [-0.1, -0.05) is 19.1 Å². The van der Waals surface area contributed by atoms with Gasteiger partial charge in [0.15, 0.2) is 0 Å². The molecule has 1 heterocycles. The van der Waals surface area contributed by atoms with Gasteiger partial charge in [0.1, 0.15) is 6.33 Å². The summed E-state index contributed by atoms with van der Waals surface area (Å²) in [5, 5.41) is 10.7. The van der Waals surface area contributed by atoms with Crippen LogP contribution in [0.3, 0.4) is 0 Å². The van der Waals surface area contributed by atoms with E-state index in [9.17, 15) is 13.2 Å². The Morgan fingerprint density at radius 1 is 1.41 bits per heavy atom. The van der Waals surface area contributed by atoms with Gasteiger partial charge in [-0.3, -0.25) is 4.79 Å². The minimum Gasteiger partial charge on any atom is -0.269 e. The fraction of sp³-hybridized carbons (Fsp3) is 0.231. The molecule has 0 fully saturated rings. The summed E-state index contributed by atoms with van der Waals surface area (Å²) in [5.74, 6) is -0.644. The van der Waals surface area contributed by atoms with Gasteiger partial charge < -0.3 is 0 Å². The molecule has 0 unspecified atom stereocenters. The maximum absolute atomic E-state index is 12.3. The molecule has 2 rings (SSSR count). The Bertz CT molecular complexity index is 797. The molecule has 0 atom stereocenters. The maximum Gasteiger partial charge on any atom is 0.264 e. The Morgan fingerprint density at radius 3 is 2.82 bits per heavy atom. The lowest BCUT2D eigenvalue weighted by molar-refractivity contribution is -0.115. The summed E-state index contributed by atoms with van der Waals surface area (Å²) in [6.45, 7) is 3.42. The van der Waals surface area contributed by atoms with Gasteiger partial charge in [-0.15, -0.1) is 5.10 Å². The predicted octanol–water partition coefficient (Wildman–Crippen LogP) is 0.823. The zero-order chi connectivity index (χ0) is 16.2. The van der Waals surface area contributed by atoms with E-state index < -0.39 is 15.9 Å². The van der Waals surface area contributed by atoms with Crippen molar-refractivity contribution in [2.24, 2.45) is 0 Å². The molecule has 22 heavy (non-hydrogen) atoms. The summed E-state index contributed by atoms with van der Waals surface area (Å²) in [4.78, 5) is 11.8. The Kier molecular flexibility index (Phi) is 4.66. The van der Waals surface area contributed by atoms with E-state index in [1.54, 1.807) is 25.1 Å². The number of hydrogen-bond donors (Lipinski definition) is 1. The molecule has 0 radical (unpaired) electrons. The third kappa shape index (κ3) is 3.55. The molecule has 9 heteroatoms. The van der Waals surface area contributed by atoms with Gasteiger partial charge in [-0.2, -0.15) is 0 Å². The molecule has 0 aliphatic rings. The minimum atomic E-state index is -3.96. The maximum atomic E-state index is 12.3. The van der Waals surface area contributed by atoms with Crippen molar-refractivity contribution in [1.82, 2.24) is 24.9 Å². The molecule has 8 nitrogen and oxygen atoms in total. The summed E-state index contributed by atoms with van der Waals surface area (Å²) in [5.41, 5.74) is 0.823. The van der Waals surface area contributed by atoms with Gasteiger partial charge in [-0.05, 0) is 42.0 Å². The predicted molar refractivity (Wildman–Crippen MR) is 78.5 cm³/mol. The average molecular weight is 321 g/mol. The number of amides is 1. The molecule has 1 N–H and O–H groups in total. The third-order valence-electron chi connectivity index (χ3n) is 2.84. The topological polar surface area (TPSA) is 107 Å². The first-order chi connectivity index (χ1) is 10.4. The van der Waals surface area contributed by atoms with E-state index in [0.717, 1.165) is 0 Å². The second-order valence-corrected chi connectivity index (χ2v) is 6.16. The van der Waals surface area contributed by atoms with E-state index in [-0.39, 0.29) is 4.90 Å². The fourth-order valence-corrected chi connectivity index (χ4v) is 2.79. The van der Waals surface area contributed by atoms with Gasteiger partial charge in [0.25, 0.3) is 15.9 Å². The normalized spacial score (nSPS) is 12.2. The molecule has 0 bridgehead atoms. The lowest BCUT2D eigenvalue weighted by Gasteiger charge is -2.08. The summed E-state index contributed by atoms with van der Waals surface area (Å²) in [6.07, 6.45) is 3.65. The highest BCUT2D eigenvalue weighted by Gasteiger charge is 2.19. The second-order valence-electron chi connectivity index (χ2n) is 4.48. The van der Waals surface area contributed by atoms with Gasteiger partial charge in [0.05, 0.1) is 10.6 Å². The van der Waals surface area contributed by atoms with Crippen molar-refractivity contribution in [3.8, 4) is 5.69 Å². The van der Waals surface area contributed by atoms with Gasteiger partial charge in [-0.25, -0.2) is 17.8 Å². The highest BCUT2D eigenvalue weighted by molar-refractivity contribution is 7.90. The second kappa shape index (κ2) is 6.48. The van der Waals surface area contributed by atoms with Crippen LogP contribution in [0.25, 0.3) is 5.69 Å².